The second-order valence-corrected chi connectivity index (χ2v) is 6.30. The first-order valence-corrected chi connectivity index (χ1v) is 8.14. The lowest BCUT2D eigenvalue weighted by Crippen LogP contribution is -2.32. The van der Waals surface area contributed by atoms with Crippen LogP contribution in [-0.2, 0) is 6.54 Å². The van der Waals surface area contributed by atoms with Crippen LogP contribution in [0.3, 0.4) is 0 Å². The van der Waals surface area contributed by atoms with Gasteiger partial charge in [-0.3, -0.25) is 19.7 Å². The monoisotopic (exact) mass is 332 g/mol. The van der Waals surface area contributed by atoms with Gasteiger partial charge in [0.2, 0.25) is 0 Å². The molecule has 1 aromatic heterocycles. The number of H-pyrrole nitrogens is 2. The van der Waals surface area contributed by atoms with Crippen molar-refractivity contribution in [1.82, 2.24) is 15.3 Å². The van der Waals surface area contributed by atoms with Crippen LogP contribution in [0, 0.1) is 17.0 Å². The van der Waals surface area contributed by atoms with Crippen LogP contribution < -0.4 is 16.4 Å². The number of nitrogens with zero attached hydrogens (tertiary/aromatic N) is 1. The fourth-order valence-corrected chi connectivity index (χ4v) is 3.38. The van der Waals surface area contributed by atoms with E-state index in [1.165, 1.54) is 25.3 Å². The van der Waals surface area contributed by atoms with E-state index < -0.39 is 16.0 Å². The molecule has 1 fully saturated rings. The van der Waals surface area contributed by atoms with Crippen LogP contribution in [-0.4, -0.2) is 20.9 Å². The van der Waals surface area contributed by atoms with E-state index in [4.69, 9.17) is 0 Å². The summed E-state index contributed by atoms with van der Waals surface area (Å²) in [7, 11) is 0. The summed E-state index contributed by atoms with van der Waals surface area (Å²) in [6.07, 6.45) is 5.76. The average molecular weight is 332 g/mol. The first-order valence-electron chi connectivity index (χ1n) is 8.14. The highest BCUT2D eigenvalue weighted by molar-refractivity contribution is 5.82. The molecule has 0 radical (unpaired) electrons. The Labute approximate surface area is 137 Å². The average Bonchev–Trinajstić information content (AvgIpc) is 2.56. The Morgan fingerprint density at radius 2 is 1.88 bits per heavy atom. The minimum atomic E-state index is -0.813. The number of nitro groups is 1. The smallest absolute Gasteiger partial charge is 0.314 e. The molecule has 128 valence electrons. The molecular formula is C16H20N4O4. The van der Waals surface area contributed by atoms with Crippen LogP contribution in [0.2, 0.25) is 0 Å². The second-order valence-electron chi connectivity index (χ2n) is 6.30. The van der Waals surface area contributed by atoms with Gasteiger partial charge >= 0.3 is 11.1 Å². The molecule has 8 nitrogen and oxygen atoms in total. The zero-order valence-corrected chi connectivity index (χ0v) is 13.5. The molecule has 24 heavy (non-hydrogen) atoms. The number of aromatic amines is 2. The number of nitrogens with one attached hydrogen (secondary N) is 3. The van der Waals surface area contributed by atoms with E-state index in [0.29, 0.717) is 29.2 Å². The van der Waals surface area contributed by atoms with Crippen molar-refractivity contribution in [3.63, 3.8) is 0 Å². The van der Waals surface area contributed by atoms with E-state index in [0.717, 1.165) is 12.8 Å². The van der Waals surface area contributed by atoms with Gasteiger partial charge < -0.3 is 15.3 Å². The predicted octanol–water partition coefficient (Wildman–Crippen LogP) is 1.86. The lowest BCUT2D eigenvalue weighted by Gasteiger charge is -2.23. The summed E-state index contributed by atoms with van der Waals surface area (Å²) in [5, 5.41) is 14.7. The van der Waals surface area contributed by atoms with Gasteiger partial charge in [0, 0.05) is 29.8 Å². The van der Waals surface area contributed by atoms with Crippen LogP contribution in [0.25, 0.3) is 11.0 Å². The number of aromatic nitrogens is 2. The molecule has 0 atom stereocenters. The summed E-state index contributed by atoms with van der Waals surface area (Å²) in [5.41, 5.74) is 0.243. The Morgan fingerprint density at radius 3 is 2.54 bits per heavy atom. The molecule has 3 N–H and O–H groups in total. The Morgan fingerprint density at radius 1 is 1.21 bits per heavy atom. The third-order valence-corrected chi connectivity index (χ3v) is 4.75. The van der Waals surface area contributed by atoms with Crippen molar-refractivity contribution < 1.29 is 4.92 Å². The first-order chi connectivity index (χ1) is 11.5. The molecule has 1 heterocycles. The summed E-state index contributed by atoms with van der Waals surface area (Å²) >= 11 is 0. The molecule has 2 aromatic rings. The molecule has 0 unspecified atom stereocenters. The van der Waals surface area contributed by atoms with Crippen molar-refractivity contribution in [2.45, 2.75) is 51.6 Å². The third kappa shape index (κ3) is 3.09. The Hall–Kier alpha value is -2.48. The molecule has 3 rings (SSSR count). The number of benzene rings is 1. The number of fused-ring (bicyclic) bond motifs is 1. The molecule has 0 saturated heterocycles. The lowest BCUT2D eigenvalue weighted by molar-refractivity contribution is -0.385. The minimum Gasteiger partial charge on any atom is -0.316 e. The lowest BCUT2D eigenvalue weighted by atomic mass is 9.95. The van der Waals surface area contributed by atoms with Gasteiger partial charge in [0.15, 0.2) is 0 Å². The summed E-state index contributed by atoms with van der Waals surface area (Å²) < 4.78 is 0. The molecule has 0 amide bonds. The molecule has 8 heteroatoms. The fraction of sp³-hybridized carbons (Fsp3) is 0.500. The van der Waals surface area contributed by atoms with E-state index >= 15 is 0 Å². The summed E-state index contributed by atoms with van der Waals surface area (Å²) in [4.78, 5) is 39.0. The van der Waals surface area contributed by atoms with Gasteiger partial charge in [-0.2, -0.15) is 0 Å². The summed E-state index contributed by atoms with van der Waals surface area (Å²) in [6, 6.07) is 1.67. The van der Waals surface area contributed by atoms with Crippen LogP contribution in [0.5, 0.6) is 0 Å². The van der Waals surface area contributed by atoms with Crippen molar-refractivity contribution >= 4 is 16.7 Å². The topological polar surface area (TPSA) is 121 Å². The van der Waals surface area contributed by atoms with Crippen LogP contribution in [0.15, 0.2) is 15.7 Å². The zero-order valence-electron chi connectivity index (χ0n) is 13.5. The van der Waals surface area contributed by atoms with Gasteiger partial charge in [-0.1, -0.05) is 19.3 Å². The quantitative estimate of drug-likeness (QED) is 0.448. The molecule has 1 aromatic carbocycles. The number of nitro benzene ring substituents is 1. The maximum atomic E-state index is 11.7. The Balaban J connectivity index is 2.06. The fourth-order valence-electron chi connectivity index (χ4n) is 3.38. The van der Waals surface area contributed by atoms with Gasteiger partial charge in [0.25, 0.3) is 5.69 Å². The van der Waals surface area contributed by atoms with E-state index in [1.807, 2.05) is 0 Å². The van der Waals surface area contributed by atoms with E-state index in [-0.39, 0.29) is 11.2 Å². The normalized spacial score (nSPS) is 15.7. The van der Waals surface area contributed by atoms with Crippen molar-refractivity contribution in [3.05, 3.63) is 48.0 Å². The van der Waals surface area contributed by atoms with Gasteiger partial charge in [-0.05, 0) is 19.8 Å². The van der Waals surface area contributed by atoms with Crippen molar-refractivity contribution in [2.24, 2.45) is 0 Å². The molecular weight excluding hydrogens is 312 g/mol. The van der Waals surface area contributed by atoms with Crippen LogP contribution >= 0.6 is 0 Å². The van der Waals surface area contributed by atoms with E-state index in [1.54, 1.807) is 6.92 Å². The summed E-state index contributed by atoms with van der Waals surface area (Å²) in [6.45, 7) is 2.08. The molecule has 1 aliphatic carbocycles. The Kier molecular flexibility index (Phi) is 4.48. The van der Waals surface area contributed by atoms with Gasteiger partial charge in [0.05, 0.1) is 16.0 Å². The highest BCUT2D eigenvalue weighted by atomic mass is 16.6. The van der Waals surface area contributed by atoms with Crippen LogP contribution in [0.4, 0.5) is 5.69 Å². The predicted molar refractivity (Wildman–Crippen MR) is 90.3 cm³/mol. The Bertz CT molecular complexity index is 893. The number of hydrogen-bond acceptors (Lipinski definition) is 5. The number of rotatable bonds is 4. The SMILES string of the molecule is Cc1c([N+](=O)[O-])cc2[nH]c(=O)c(=O)[nH]c2c1CNC1CCCCC1. The molecule has 0 aliphatic heterocycles. The highest BCUT2D eigenvalue weighted by Crippen LogP contribution is 2.28. The zero-order chi connectivity index (χ0) is 17.3. The largest absolute Gasteiger partial charge is 0.316 e. The van der Waals surface area contributed by atoms with E-state index in [2.05, 4.69) is 15.3 Å². The maximum absolute atomic E-state index is 11.7. The van der Waals surface area contributed by atoms with Crippen LogP contribution in [0.1, 0.15) is 43.2 Å². The minimum absolute atomic E-state index is 0.0642. The molecule has 0 spiro atoms. The molecule has 1 aliphatic rings. The summed E-state index contributed by atoms with van der Waals surface area (Å²) in [5.74, 6) is 0. The van der Waals surface area contributed by atoms with Crippen molar-refractivity contribution in [2.75, 3.05) is 0 Å². The van der Waals surface area contributed by atoms with E-state index in [9.17, 15) is 19.7 Å². The maximum Gasteiger partial charge on any atom is 0.314 e. The number of hydrogen-bond donors (Lipinski definition) is 3. The highest BCUT2D eigenvalue weighted by Gasteiger charge is 2.21. The standard InChI is InChI=1S/C16H20N4O4/c1-9-11(8-17-10-5-3-2-4-6-10)14-12(7-13(9)20(23)24)18-15(21)16(22)19-14/h7,10,17H,2-6,8H2,1H3,(H,18,21)(H,19,22). The van der Waals surface area contributed by atoms with Gasteiger partial charge in [-0.25, -0.2) is 0 Å². The van der Waals surface area contributed by atoms with Gasteiger partial charge in [0.1, 0.15) is 0 Å². The van der Waals surface area contributed by atoms with Gasteiger partial charge in [-0.15, -0.1) is 0 Å². The molecule has 0 bridgehead atoms. The first kappa shape index (κ1) is 16.4. The second kappa shape index (κ2) is 6.56. The third-order valence-electron chi connectivity index (χ3n) is 4.75. The molecule has 1 saturated carbocycles. The van der Waals surface area contributed by atoms with Crippen molar-refractivity contribution in [1.29, 1.82) is 0 Å². The van der Waals surface area contributed by atoms with Crippen molar-refractivity contribution in [3.8, 4) is 0 Å².